The van der Waals surface area contributed by atoms with Gasteiger partial charge in [-0.2, -0.15) is 0 Å². The van der Waals surface area contributed by atoms with E-state index in [4.69, 9.17) is 4.74 Å². The van der Waals surface area contributed by atoms with E-state index in [2.05, 4.69) is 21.3 Å². The van der Waals surface area contributed by atoms with Crippen molar-refractivity contribution in [1.82, 2.24) is 60.5 Å². The standard InChI is InChI=1S/C66H114N12O14/c1-24-26-27-41(15)54(79)53-58(83)69-45(25-2)60(85)78-34-44(92-66(91)77-28-29-77)33-49(78)63(88)74(21)51(39(11)12)57(82)70-50(38(9)10)64(89)71(18)46(30-35(3)4)56(81)67-42(16)55(80)68-43(17)59(84)72(19)47(31-36(5)6)61(86)73(20)48(32-37(7)8)62(87)75(22)52(40(13)14)65(90)76(53)23/h24,26,35-54,79H,25,27-34H2,1-23H3,(H,67,81)(H,68,80)(H,69,83)(H,70,82)/b26-24+/t41-,42+,43-,44?,45+,46+,47+,48+,49-,50+,51+,52+,53+,54-/m1/s1. The van der Waals surface area contributed by atoms with Gasteiger partial charge in [0.05, 0.1) is 12.6 Å². The highest BCUT2D eigenvalue weighted by atomic mass is 16.6. The smallest absolute Gasteiger partial charge is 0.410 e. The summed E-state index contributed by atoms with van der Waals surface area (Å²) in [6.45, 7) is 30.0. The van der Waals surface area contributed by atoms with E-state index >= 15 is 28.8 Å². The maximum Gasteiger partial charge on any atom is 0.410 e. The number of rotatable bonds is 15. The molecule has 3 aliphatic heterocycles. The van der Waals surface area contributed by atoms with Crippen LogP contribution < -0.4 is 21.3 Å². The Labute approximate surface area is 547 Å². The van der Waals surface area contributed by atoms with Crippen molar-refractivity contribution in [2.45, 2.75) is 235 Å². The number of amides is 12. The maximum absolute atomic E-state index is 15.3. The number of aliphatic hydroxyl groups is 1. The van der Waals surface area contributed by atoms with Gasteiger partial charge in [0, 0.05) is 61.8 Å². The van der Waals surface area contributed by atoms with Crippen LogP contribution in [0.15, 0.2) is 12.2 Å². The molecule has 0 spiro atoms. The van der Waals surface area contributed by atoms with Crippen LogP contribution in [0.3, 0.4) is 0 Å². The van der Waals surface area contributed by atoms with Crippen molar-refractivity contribution < 1.29 is 67.4 Å². The lowest BCUT2D eigenvalue weighted by molar-refractivity contribution is -0.157. The molecule has 0 saturated carbocycles. The molecular weight excluding hydrogens is 1180 g/mol. The van der Waals surface area contributed by atoms with Crippen LogP contribution in [0.4, 0.5) is 4.79 Å². The van der Waals surface area contributed by atoms with Gasteiger partial charge >= 0.3 is 6.09 Å². The summed E-state index contributed by atoms with van der Waals surface area (Å²) in [5.74, 6) is -10.9. The zero-order valence-corrected chi connectivity index (χ0v) is 59.4. The quantitative estimate of drug-likeness (QED) is 0.116. The summed E-state index contributed by atoms with van der Waals surface area (Å²) in [4.78, 5) is 187. The van der Waals surface area contributed by atoms with Crippen LogP contribution in [0.2, 0.25) is 0 Å². The lowest BCUT2D eigenvalue weighted by atomic mass is 9.91. The number of carbonyl (C=O) groups excluding carboxylic acids is 12. The number of hydrogen-bond acceptors (Lipinski definition) is 14. The van der Waals surface area contributed by atoms with Gasteiger partial charge in [-0.25, -0.2) is 4.79 Å². The minimum absolute atomic E-state index is 0.0647. The molecule has 92 heavy (non-hydrogen) atoms. The number of carbonyl (C=O) groups is 12. The molecule has 3 aliphatic rings. The first-order valence-electron chi connectivity index (χ1n) is 33.0. The Morgan fingerprint density at radius 3 is 1.46 bits per heavy atom. The Bertz CT molecular complexity index is 2640. The van der Waals surface area contributed by atoms with Crippen molar-refractivity contribution in [2.24, 2.45) is 41.4 Å². The monoisotopic (exact) mass is 1300 g/mol. The molecule has 522 valence electrons. The average molecular weight is 1300 g/mol. The van der Waals surface area contributed by atoms with Crippen LogP contribution in [0.25, 0.3) is 0 Å². The van der Waals surface area contributed by atoms with Gasteiger partial charge in [0.25, 0.3) is 0 Å². The Kier molecular flexibility index (Phi) is 30.1. The van der Waals surface area contributed by atoms with Crippen molar-refractivity contribution in [2.75, 3.05) is 61.9 Å². The molecule has 3 fully saturated rings. The van der Waals surface area contributed by atoms with Crippen molar-refractivity contribution in [3.05, 3.63) is 12.2 Å². The second kappa shape index (κ2) is 34.9. The van der Waals surface area contributed by atoms with Gasteiger partial charge in [-0.15, -0.1) is 0 Å². The van der Waals surface area contributed by atoms with Crippen molar-refractivity contribution in [3.8, 4) is 0 Å². The predicted molar refractivity (Wildman–Crippen MR) is 348 cm³/mol. The zero-order chi connectivity index (χ0) is 70.4. The summed E-state index contributed by atoms with van der Waals surface area (Å²) in [6.07, 6.45) is 0.749. The summed E-state index contributed by atoms with van der Waals surface area (Å²) >= 11 is 0. The fraction of sp³-hybridized carbons (Fsp3) is 0.788. The number of fused-ring (bicyclic) bond motifs is 1. The first-order chi connectivity index (χ1) is 42.7. The van der Waals surface area contributed by atoms with Gasteiger partial charge < -0.3 is 70.3 Å². The number of likely N-dealkylation sites (N-methyl/N-ethyl adjacent to an activating group) is 6. The molecule has 0 aromatic heterocycles. The van der Waals surface area contributed by atoms with Crippen LogP contribution in [0.5, 0.6) is 0 Å². The minimum Gasteiger partial charge on any atom is -0.444 e. The summed E-state index contributed by atoms with van der Waals surface area (Å²) in [5.41, 5.74) is 0. The number of aliphatic hydroxyl groups excluding tert-OH is 1. The molecular formula is C66H114N12O14. The molecule has 1 unspecified atom stereocenters. The third kappa shape index (κ3) is 20.3. The molecule has 26 heteroatoms. The topological polar surface area (TPSA) is 308 Å². The van der Waals surface area contributed by atoms with Gasteiger partial charge in [-0.1, -0.05) is 109 Å². The normalized spacial score (nSPS) is 28.5. The number of nitrogens with zero attached hydrogens (tertiary/aromatic N) is 8. The van der Waals surface area contributed by atoms with Gasteiger partial charge in [-0.05, 0) is 94.3 Å². The lowest BCUT2D eigenvalue weighted by Crippen LogP contribution is -2.64. The molecule has 0 aromatic carbocycles. The fourth-order valence-corrected chi connectivity index (χ4v) is 12.3. The highest BCUT2D eigenvalue weighted by molar-refractivity contribution is 6.00. The molecule has 3 rings (SSSR count). The van der Waals surface area contributed by atoms with Crippen LogP contribution in [0.1, 0.15) is 156 Å². The van der Waals surface area contributed by atoms with E-state index in [1.807, 2.05) is 41.5 Å². The van der Waals surface area contributed by atoms with E-state index in [9.17, 15) is 33.9 Å². The molecule has 26 nitrogen and oxygen atoms in total. The largest absolute Gasteiger partial charge is 0.444 e. The molecule has 12 amide bonds. The van der Waals surface area contributed by atoms with Gasteiger partial charge in [0.1, 0.15) is 72.6 Å². The van der Waals surface area contributed by atoms with Crippen LogP contribution >= 0.6 is 0 Å². The van der Waals surface area contributed by atoms with Crippen molar-refractivity contribution in [1.29, 1.82) is 0 Å². The van der Waals surface area contributed by atoms with Gasteiger partial charge in [0.15, 0.2) is 0 Å². The Balaban J connectivity index is 2.38. The fourth-order valence-electron chi connectivity index (χ4n) is 12.3. The molecule has 5 N–H and O–H groups in total. The van der Waals surface area contributed by atoms with Crippen LogP contribution in [0, 0.1) is 41.4 Å². The van der Waals surface area contributed by atoms with Crippen LogP contribution in [-0.2, 0) is 57.5 Å². The van der Waals surface area contributed by atoms with E-state index in [1.54, 1.807) is 74.5 Å². The zero-order valence-electron chi connectivity index (χ0n) is 59.4. The maximum atomic E-state index is 15.3. The van der Waals surface area contributed by atoms with Crippen LogP contribution in [-0.4, -0.2) is 256 Å². The van der Waals surface area contributed by atoms with E-state index < -0.39 is 173 Å². The number of allylic oxidation sites excluding steroid dienone is 2. The minimum atomic E-state index is -1.68. The third-order valence-corrected chi connectivity index (χ3v) is 17.9. The Morgan fingerprint density at radius 2 is 0.978 bits per heavy atom. The van der Waals surface area contributed by atoms with Crippen molar-refractivity contribution >= 4 is 71.1 Å². The second-order valence-corrected chi connectivity index (χ2v) is 28.1. The van der Waals surface area contributed by atoms with Gasteiger partial charge in [0.2, 0.25) is 65.0 Å². The van der Waals surface area contributed by atoms with E-state index in [-0.39, 0.29) is 62.8 Å². The molecule has 3 saturated heterocycles. The second-order valence-electron chi connectivity index (χ2n) is 28.1. The molecule has 0 aromatic rings. The first kappa shape index (κ1) is 79.4. The summed E-state index contributed by atoms with van der Waals surface area (Å²) in [6, 6.07) is -14.3. The first-order valence-corrected chi connectivity index (χ1v) is 33.0. The van der Waals surface area contributed by atoms with Crippen molar-refractivity contribution in [3.63, 3.8) is 0 Å². The third-order valence-electron chi connectivity index (χ3n) is 17.9. The number of nitrogens with one attached hydrogen (secondary N) is 4. The predicted octanol–water partition coefficient (Wildman–Crippen LogP) is 2.84. The van der Waals surface area contributed by atoms with Gasteiger partial charge in [-0.3, -0.25) is 52.7 Å². The Morgan fingerprint density at radius 1 is 0.522 bits per heavy atom. The summed E-state index contributed by atoms with van der Waals surface area (Å²) in [7, 11) is 8.45. The highest BCUT2D eigenvalue weighted by Crippen LogP contribution is 2.29. The summed E-state index contributed by atoms with van der Waals surface area (Å²) in [5, 5.41) is 23.3. The molecule has 0 bridgehead atoms. The number of ether oxygens (including phenoxy) is 1. The molecule has 0 aliphatic carbocycles. The molecule has 0 radical (unpaired) electrons. The Hall–Kier alpha value is -6.86. The lowest BCUT2D eigenvalue weighted by Gasteiger charge is -2.41. The average Bonchev–Trinajstić information content (AvgIpc) is 1.18. The van der Waals surface area contributed by atoms with E-state index in [0.29, 0.717) is 13.1 Å². The number of hydrogen-bond donors (Lipinski definition) is 5. The SMILES string of the molecule is C/C=C/C[C@@H](C)[C@@H](O)[C@H]1C(=O)N[C@@H](CC)C(=O)N2CC(OC(=O)N3CC3)C[C@@H]2C(=O)N(C)[C@@H](C(C)C)C(=O)N[C@@H](C(C)C)C(=O)N(C)[C@@H](CC(C)C)C(=O)N[C@@H](C)C(=O)N[C@H](C)C(=O)N(C)[C@@H](CC(C)C)C(=O)N(C)[C@@H](CC(C)C)C(=O)N(C)[C@@H](C(C)C)C(=O)N1C. The van der Waals surface area contributed by atoms with E-state index in [1.165, 1.54) is 90.4 Å². The molecule has 14 atom stereocenters. The van der Waals surface area contributed by atoms with E-state index in [0.717, 1.165) is 4.90 Å². The highest BCUT2D eigenvalue weighted by Gasteiger charge is 2.50. The molecule has 3 heterocycles. The summed E-state index contributed by atoms with van der Waals surface area (Å²) < 4.78 is 5.84.